The Morgan fingerprint density at radius 1 is 1.67 bits per heavy atom. The molecule has 1 rings (SSSR count). The van der Waals surface area contributed by atoms with Crippen LogP contribution in [0.15, 0.2) is 0 Å². The van der Waals surface area contributed by atoms with E-state index in [0.717, 1.165) is 0 Å². The molecule has 6 heteroatoms. The summed E-state index contributed by atoms with van der Waals surface area (Å²) in [5.74, 6) is 0.902. The van der Waals surface area contributed by atoms with E-state index in [1.807, 2.05) is 6.92 Å². The molecule has 5 nitrogen and oxygen atoms in total. The lowest BCUT2D eigenvalue weighted by atomic mass is 9.99. The maximum atomic E-state index is 11.6. The number of nitrogens with one attached hydrogen (secondary N) is 1. The lowest BCUT2D eigenvalue weighted by Crippen LogP contribution is -2.55. The van der Waals surface area contributed by atoms with Crippen molar-refractivity contribution in [3.05, 3.63) is 0 Å². The minimum Gasteiger partial charge on any atom is -0.379 e. The molecule has 1 saturated heterocycles. The minimum absolute atomic E-state index is 0.201. The molecule has 2 unspecified atom stereocenters. The van der Waals surface area contributed by atoms with Crippen LogP contribution in [0.3, 0.4) is 0 Å². The summed E-state index contributed by atoms with van der Waals surface area (Å²) in [6.45, 7) is 3.08. The molecule has 1 fully saturated rings. The van der Waals surface area contributed by atoms with E-state index in [0.29, 0.717) is 31.1 Å². The highest BCUT2D eigenvalue weighted by Crippen LogP contribution is 2.14. The minimum atomic E-state index is -0.881. The lowest BCUT2D eigenvalue weighted by molar-refractivity contribution is -0.126. The Labute approximate surface area is 92.2 Å². The molecular weight excluding hydrogens is 216 g/mol. The molecule has 1 aliphatic rings. The number of nitrogens with two attached hydrogens (primary N) is 1. The van der Waals surface area contributed by atoms with Crippen LogP contribution in [0.25, 0.3) is 0 Å². The number of rotatable bonds is 5. The van der Waals surface area contributed by atoms with Crippen molar-refractivity contribution < 1.29 is 13.7 Å². The van der Waals surface area contributed by atoms with Crippen LogP contribution >= 0.6 is 0 Å². The predicted molar refractivity (Wildman–Crippen MR) is 58.9 cm³/mol. The average molecular weight is 234 g/mol. The first kappa shape index (κ1) is 12.6. The molecular formula is C9H18N2O3S. The molecule has 88 valence electrons. The highest BCUT2D eigenvalue weighted by atomic mass is 32.2. The van der Waals surface area contributed by atoms with Crippen molar-refractivity contribution in [2.75, 3.05) is 31.3 Å². The van der Waals surface area contributed by atoms with Crippen molar-refractivity contribution in [1.82, 2.24) is 5.32 Å². The zero-order valence-corrected chi connectivity index (χ0v) is 9.77. The number of ether oxygens (including phenoxy) is 1. The summed E-state index contributed by atoms with van der Waals surface area (Å²) < 4.78 is 16.2. The molecule has 0 aromatic heterocycles. The molecule has 1 amide bonds. The molecule has 15 heavy (non-hydrogen) atoms. The normalized spacial score (nSPS) is 27.6. The Morgan fingerprint density at radius 2 is 2.40 bits per heavy atom. The molecule has 3 N–H and O–H groups in total. The highest BCUT2D eigenvalue weighted by molar-refractivity contribution is 7.84. The standard InChI is InChI=1S/C9H18N2O3S/c1-2-15(13)6-4-11-8(12)9(10)3-5-14-7-9/h2-7,10H2,1H3,(H,11,12). The van der Waals surface area contributed by atoms with Crippen LogP contribution in [-0.4, -0.2) is 46.9 Å². The van der Waals surface area contributed by atoms with Crippen molar-refractivity contribution in [1.29, 1.82) is 0 Å². The molecule has 0 radical (unpaired) electrons. The second kappa shape index (κ2) is 5.58. The maximum Gasteiger partial charge on any atom is 0.242 e. The topological polar surface area (TPSA) is 81.4 Å². The Kier molecular flexibility index (Phi) is 4.69. The van der Waals surface area contributed by atoms with Gasteiger partial charge in [-0.05, 0) is 6.42 Å². The Morgan fingerprint density at radius 3 is 2.93 bits per heavy atom. The summed E-state index contributed by atoms with van der Waals surface area (Å²) in [6.07, 6.45) is 0.551. The summed E-state index contributed by atoms with van der Waals surface area (Å²) in [5, 5.41) is 2.69. The number of carbonyl (C=O) groups is 1. The number of hydrogen-bond acceptors (Lipinski definition) is 4. The summed E-state index contributed by atoms with van der Waals surface area (Å²) in [5.41, 5.74) is 4.96. The van der Waals surface area contributed by atoms with Gasteiger partial charge in [0, 0.05) is 35.5 Å². The third-order valence-electron chi connectivity index (χ3n) is 2.44. The van der Waals surface area contributed by atoms with Crippen LogP contribution in [0.4, 0.5) is 0 Å². The summed E-state index contributed by atoms with van der Waals surface area (Å²) in [6, 6.07) is 0. The van der Waals surface area contributed by atoms with Gasteiger partial charge in [-0.1, -0.05) is 6.92 Å². The number of hydrogen-bond donors (Lipinski definition) is 2. The monoisotopic (exact) mass is 234 g/mol. The Bertz CT molecular complexity index is 252. The molecule has 0 bridgehead atoms. The van der Waals surface area contributed by atoms with Crippen molar-refractivity contribution in [2.45, 2.75) is 18.9 Å². The van der Waals surface area contributed by atoms with Crippen molar-refractivity contribution >= 4 is 16.7 Å². The molecule has 1 aliphatic heterocycles. The Hall–Kier alpha value is -0.460. The van der Waals surface area contributed by atoms with E-state index in [1.54, 1.807) is 0 Å². The van der Waals surface area contributed by atoms with Gasteiger partial charge in [-0.2, -0.15) is 0 Å². The first-order valence-corrected chi connectivity index (χ1v) is 6.57. The van der Waals surface area contributed by atoms with E-state index in [4.69, 9.17) is 10.5 Å². The largest absolute Gasteiger partial charge is 0.379 e. The van der Waals surface area contributed by atoms with Crippen molar-refractivity contribution in [3.63, 3.8) is 0 Å². The van der Waals surface area contributed by atoms with Gasteiger partial charge in [0.05, 0.1) is 6.61 Å². The third kappa shape index (κ3) is 3.55. The molecule has 0 aromatic rings. The Balaban J connectivity index is 2.26. The van der Waals surface area contributed by atoms with Crippen LogP contribution in [-0.2, 0) is 20.3 Å². The van der Waals surface area contributed by atoms with Gasteiger partial charge in [0.25, 0.3) is 0 Å². The zero-order chi connectivity index (χ0) is 11.3. The first-order chi connectivity index (χ1) is 7.08. The van der Waals surface area contributed by atoms with Gasteiger partial charge in [-0.3, -0.25) is 9.00 Å². The average Bonchev–Trinajstić information content (AvgIpc) is 2.66. The molecule has 0 spiro atoms. The van der Waals surface area contributed by atoms with E-state index in [-0.39, 0.29) is 12.5 Å². The third-order valence-corrected chi connectivity index (χ3v) is 3.75. The van der Waals surface area contributed by atoms with E-state index < -0.39 is 16.3 Å². The van der Waals surface area contributed by atoms with E-state index in [9.17, 15) is 9.00 Å². The second-order valence-corrected chi connectivity index (χ2v) is 5.51. The lowest BCUT2D eigenvalue weighted by Gasteiger charge is -2.20. The van der Waals surface area contributed by atoms with Gasteiger partial charge >= 0.3 is 0 Å². The maximum absolute atomic E-state index is 11.6. The summed E-state index contributed by atoms with van der Waals surface area (Å²) >= 11 is 0. The van der Waals surface area contributed by atoms with Gasteiger partial charge < -0.3 is 15.8 Å². The molecule has 2 atom stereocenters. The van der Waals surface area contributed by atoms with Gasteiger partial charge in [0.1, 0.15) is 5.54 Å². The van der Waals surface area contributed by atoms with Gasteiger partial charge in [-0.15, -0.1) is 0 Å². The quantitative estimate of drug-likeness (QED) is 0.638. The van der Waals surface area contributed by atoms with Gasteiger partial charge in [0.2, 0.25) is 5.91 Å². The smallest absolute Gasteiger partial charge is 0.242 e. The zero-order valence-electron chi connectivity index (χ0n) is 8.95. The van der Waals surface area contributed by atoms with Crippen molar-refractivity contribution in [2.24, 2.45) is 5.73 Å². The summed E-state index contributed by atoms with van der Waals surface area (Å²) in [7, 11) is -0.845. The van der Waals surface area contributed by atoms with E-state index >= 15 is 0 Å². The predicted octanol–water partition coefficient (Wildman–Crippen LogP) is -1.01. The SMILES string of the molecule is CCS(=O)CCNC(=O)C1(N)CCOC1. The molecule has 0 saturated carbocycles. The fraction of sp³-hybridized carbons (Fsp3) is 0.889. The van der Waals surface area contributed by atoms with Crippen LogP contribution in [0.5, 0.6) is 0 Å². The number of carbonyl (C=O) groups excluding carboxylic acids is 1. The van der Waals surface area contributed by atoms with Gasteiger partial charge in [-0.25, -0.2) is 0 Å². The molecule has 0 aromatic carbocycles. The summed E-state index contributed by atoms with van der Waals surface area (Å²) in [4.78, 5) is 11.6. The fourth-order valence-electron chi connectivity index (χ4n) is 1.36. The van der Waals surface area contributed by atoms with E-state index in [2.05, 4.69) is 5.32 Å². The molecule has 1 heterocycles. The number of amides is 1. The first-order valence-electron chi connectivity index (χ1n) is 5.08. The second-order valence-electron chi connectivity index (χ2n) is 3.65. The van der Waals surface area contributed by atoms with Crippen LogP contribution < -0.4 is 11.1 Å². The van der Waals surface area contributed by atoms with Gasteiger partial charge in [0.15, 0.2) is 0 Å². The van der Waals surface area contributed by atoms with Crippen LogP contribution in [0.2, 0.25) is 0 Å². The fourth-order valence-corrected chi connectivity index (χ4v) is 1.98. The van der Waals surface area contributed by atoms with Crippen LogP contribution in [0, 0.1) is 0 Å². The highest BCUT2D eigenvalue weighted by Gasteiger charge is 2.37. The van der Waals surface area contributed by atoms with E-state index in [1.165, 1.54) is 0 Å². The van der Waals surface area contributed by atoms with Crippen molar-refractivity contribution in [3.8, 4) is 0 Å². The molecule has 0 aliphatic carbocycles. The van der Waals surface area contributed by atoms with Crippen LogP contribution in [0.1, 0.15) is 13.3 Å².